The number of ketones is 1. The molecular formula is C60H83N5O12. The third kappa shape index (κ3) is 13.4. The normalized spacial score (nSPS) is 28.3. The van der Waals surface area contributed by atoms with Crippen LogP contribution >= 0.6 is 0 Å². The van der Waals surface area contributed by atoms with Crippen molar-refractivity contribution in [2.45, 2.75) is 144 Å². The molecule has 3 aromatic carbocycles. The first-order valence-corrected chi connectivity index (χ1v) is 27.2. The van der Waals surface area contributed by atoms with Crippen LogP contribution < -0.4 is 20.8 Å². The van der Waals surface area contributed by atoms with Crippen molar-refractivity contribution in [2.24, 2.45) is 45.5 Å². The van der Waals surface area contributed by atoms with Gasteiger partial charge in [-0.15, -0.1) is 0 Å². The number of phenolic OH excluding ortho intramolecular Hbond substituents is 2. The van der Waals surface area contributed by atoms with Crippen LogP contribution in [0.3, 0.4) is 0 Å². The number of piperidine rings is 2. The first kappa shape index (κ1) is 60.1. The summed E-state index contributed by atoms with van der Waals surface area (Å²) in [5.41, 5.74) is 0.746. The molecule has 2 amide bonds. The van der Waals surface area contributed by atoms with E-state index >= 15 is 0 Å². The molecule has 0 radical (unpaired) electrons. The predicted molar refractivity (Wildman–Crippen MR) is 295 cm³/mol. The number of fused-ring (bicyclic) bond motifs is 13. The molecule has 0 aromatic heterocycles. The van der Waals surface area contributed by atoms with Crippen molar-refractivity contribution < 1.29 is 58.9 Å². The Morgan fingerprint density at radius 2 is 1.51 bits per heavy atom. The number of nitrogens with one attached hydrogen (secondary N) is 1. The quantitative estimate of drug-likeness (QED) is 0.0833. The summed E-state index contributed by atoms with van der Waals surface area (Å²) in [7, 11) is 1.00. The monoisotopic (exact) mass is 1070 g/mol. The van der Waals surface area contributed by atoms with Gasteiger partial charge < -0.3 is 54.9 Å². The third-order valence-electron chi connectivity index (χ3n) is 15.8. The van der Waals surface area contributed by atoms with Gasteiger partial charge in [-0.25, -0.2) is 0 Å². The van der Waals surface area contributed by atoms with Gasteiger partial charge in [0.05, 0.1) is 34.8 Å². The summed E-state index contributed by atoms with van der Waals surface area (Å²) in [4.78, 5) is 69.8. The van der Waals surface area contributed by atoms with E-state index in [9.17, 15) is 39.6 Å². The number of esters is 1. The number of hydrogen-bond donors (Lipinski definition) is 6. The molecule has 420 valence electrons. The number of aliphatic hydroxyl groups is 3. The maximum Gasteiger partial charge on any atom is 0.315 e. The average molecular weight is 1070 g/mol. The average Bonchev–Trinajstić information content (AvgIpc) is 4.01. The SMILES string of the molecule is C/C1=C/C=C/C(C)[C@H](O)[C@@H](C)[C@@H](O)[C@@H](C)C(OC(=O)CC(=O)N2CCC(C)CC2)[C@H](C)C/C=C/OC2(C)Oc3c(C)c(O)c4c(O)c(c5c(c4c3C2=O)=NC2(CCN(CC(C)C)CC2)N=5)NC1=O.CO.Cc1ccccc1. The summed E-state index contributed by atoms with van der Waals surface area (Å²) < 4.78 is 18.5. The summed E-state index contributed by atoms with van der Waals surface area (Å²) in [5.74, 6) is -6.38. The van der Waals surface area contributed by atoms with Crippen LogP contribution in [0.2, 0.25) is 0 Å². The maximum atomic E-state index is 14.8. The lowest BCUT2D eigenvalue weighted by molar-refractivity contribution is -0.162. The van der Waals surface area contributed by atoms with Gasteiger partial charge in [-0.3, -0.25) is 29.2 Å². The molecular weight excluding hydrogens is 983 g/mol. The number of amides is 2. The lowest BCUT2D eigenvalue weighted by Gasteiger charge is -2.36. The number of anilines is 1. The molecule has 6 aliphatic heterocycles. The Morgan fingerprint density at radius 1 is 0.870 bits per heavy atom. The predicted octanol–water partition coefficient (Wildman–Crippen LogP) is 7.36. The number of carbonyl (C=O) groups is 4. The van der Waals surface area contributed by atoms with E-state index in [0.29, 0.717) is 50.9 Å². The Labute approximate surface area is 453 Å². The number of aryl methyl sites for hydroxylation is 1. The van der Waals surface area contributed by atoms with Gasteiger partial charge in [0.2, 0.25) is 5.91 Å². The van der Waals surface area contributed by atoms with Crippen LogP contribution in [0.15, 0.2) is 76.5 Å². The minimum Gasteiger partial charge on any atom is -0.507 e. The number of aliphatic hydroxyl groups excluding tert-OH is 3. The van der Waals surface area contributed by atoms with Gasteiger partial charge in [0.15, 0.2) is 11.4 Å². The second-order valence-corrected chi connectivity index (χ2v) is 22.4. The van der Waals surface area contributed by atoms with E-state index in [1.807, 2.05) is 25.1 Å². The zero-order valence-corrected chi connectivity index (χ0v) is 47.1. The first-order valence-electron chi connectivity index (χ1n) is 27.2. The highest BCUT2D eigenvalue weighted by Crippen LogP contribution is 2.50. The molecule has 3 aromatic rings. The molecule has 77 heavy (non-hydrogen) atoms. The largest absolute Gasteiger partial charge is 0.507 e. The van der Waals surface area contributed by atoms with Gasteiger partial charge >= 0.3 is 11.8 Å². The number of benzene rings is 3. The Bertz CT molecular complexity index is 2850. The molecule has 1 spiro atoms. The summed E-state index contributed by atoms with van der Waals surface area (Å²) >= 11 is 0. The van der Waals surface area contributed by atoms with Crippen LogP contribution in [-0.2, 0) is 23.9 Å². The van der Waals surface area contributed by atoms with E-state index < -0.39 is 83.3 Å². The summed E-state index contributed by atoms with van der Waals surface area (Å²) in [6.45, 7) is 23.7. The summed E-state index contributed by atoms with van der Waals surface area (Å²) in [5, 5.41) is 57.7. The van der Waals surface area contributed by atoms with Gasteiger partial charge in [0.25, 0.3) is 11.7 Å². The van der Waals surface area contributed by atoms with E-state index in [1.165, 1.54) is 18.7 Å². The molecule has 6 N–H and O–H groups in total. The molecule has 2 saturated heterocycles. The molecule has 6 aliphatic rings. The van der Waals surface area contributed by atoms with Gasteiger partial charge in [0.1, 0.15) is 35.1 Å². The minimum absolute atomic E-state index is 0.0433. The lowest BCUT2D eigenvalue weighted by atomic mass is 9.79. The number of ether oxygens (including phenoxy) is 3. The van der Waals surface area contributed by atoms with Crippen molar-refractivity contribution in [1.29, 1.82) is 0 Å². The minimum atomic E-state index is -1.94. The fourth-order valence-electron chi connectivity index (χ4n) is 11.0. The standard InChI is InChI=1S/C52H71N5O11.C7H8.CH4O/c1-27(2)26-56-22-18-52(19-23-56)54-40-37-38-45(62)34(9)48-39(37)49(64)51(10,68-48)66-24-12-15-30(5)47(67-36(59)25-35(58)57-20-16-28(3)17-21-57)33(8)44(61)32(7)43(60)29(4)13-11-14-31(6)50(65)53-42(46(38)63)41(40)55-52;1-7-5-3-2-4-6-7;1-2/h11-14,24,27-30,32-33,43-44,47,60-63H,15-23,25-26H2,1-10H3,(H,53,65);2-6H,1H3;2H,1H3/b13-11+,24-12+,31-14-;;/t29?,30-,32-,33-,43+,44-,47?,51?;;/m1../s1. The van der Waals surface area contributed by atoms with Crippen molar-refractivity contribution in [2.75, 3.05) is 45.2 Å². The van der Waals surface area contributed by atoms with Gasteiger partial charge in [-0.05, 0) is 63.9 Å². The Kier molecular flexibility index (Phi) is 19.9. The van der Waals surface area contributed by atoms with Crippen LogP contribution in [0.25, 0.3) is 10.8 Å². The Morgan fingerprint density at radius 3 is 2.12 bits per heavy atom. The highest BCUT2D eigenvalue weighted by molar-refractivity contribution is 6.19. The Hall–Kier alpha value is -6.14. The highest BCUT2D eigenvalue weighted by Gasteiger charge is 2.50. The van der Waals surface area contributed by atoms with Crippen LogP contribution in [-0.4, -0.2) is 128 Å². The number of Topliss-reactive ketones (excluding diaryl/α,β-unsaturated/α-hetero) is 1. The fourth-order valence-corrected chi connectivity index (χ4v) is 11.0. The Balaban J connectivity index is 0.000000976. The number of carbonyl (C=O) groups excluding carboxylic acids is 4. The van der Waals surface area contributed by atoms with Crippen molar-refractivity contribution in [3.8, 4) is 17.2 Å². The van der Waals surface area contributed by atoms with Crippen LogP contribution in [0.1, 0.15) is 122 Å². The number of aromatic hydroxyl groups is 2. The lowest BCUT2D eigenvalue weighted by Crippen LogP contribution is -2.45. The summed E-state index contributed by atoms with van der Waals surface area (Å²) in [6, 6.07) is 10.3. The zero-order valence-electron chi connectivity index (χ0n) is 47.1. The van der Waals surface area contributed by atoms with E-state index in [4.69, 9.17) is 29.3 Å². The molecule has 3 unspecified atom stereocenters. The fraction of sp³-hybridized carbons (Fsp3) is 0.567. The number of hydrogen-bond acceptors (Lipinski definition) is 15. The topological polar surface area (TPSA) is 240 Å². The summed E-state index contributed by atoms with van der Waals surface area (Å²) in [6.07, 6.45) is 7.34. The zero-order chi connectivity index (χ0) is 56.7. The molecule has 17 nitrogen and oxygen atoms in total. The molecule has 5 bridgehead atoms. The van der Waals surface area contributed by atoms with E-state index in [2.05, 4.69) is 50.0 Å². The highest BCUT2D eigenvalue weighted by atomic mass is 16.7. The molecule has 0 aliphatic carbocycles. The van der Waals surface area contributed by atoms with Gasteiger partial charge in [-0.2, -0.15) is 0 Å². The number of allylic oxidation sites excluding steroid dienone is 3. The molecule has 6 heterocycles. The van der Waals surface area contributed by atoms with Gasteiger partial charge in [0, 0.05) is 93.9 Å². The maximum absolute atomic E-state index is 14.8. The molecule has 9 rings (SSSR count). The second kappa shape index (κ2) is 25.6. The van der Waals surface area contributed by atoms with Crippen LogP contribution in [0, 0.1) is 49.4 Å². The number of rotatable bonds is 5. The first-order chi connectivity index (χ1) is 36.5. The van der Waals surface area contributed by atoms with Gasteiger partial charge in [-0.1, -0.05) is 103 Å². The second-order valence-electron chi connectivity index (χ2n) is 22.4. The van der Waals surface area contributed by atoms with Crippen LogP contribution in [0.4, 0.5) is 5.69 Å². The van der Waals surface area contributed by atoms with Crippen molar-refractivity contribution in [1.82, 2.24) is 9.80 Å². The molecule has 17 heteroatoms. The molecule has 2 fully saturated rings. The van der Waals surface area contributed by atoms with Crippen LogP contribution in [0.5, 0.6) is 17.2 Å². The molecule has 8 atom stereocenters. The van der Waals surface area contributed by atoms with Crippen molar-refractivity contribution >= 4 is 40.0 Å². The van der Waals surface area contributed by atoms with E-state index in [-0.39, 0.29) is 67.7 Å². The van der Waals surface area contributed by atoms with E-state index in [1.54, 1.807) is 63.8 Å². The number of phenols is 2. The van der Waals surface area contributed by atoms with Crippen molar-refractivity contribution in [3.63, 3.8) is 0 Å². The molecule has 0 saturated carbocycles. The number of likely N-dealkylation sites (tertiary alicyclic amines) is 2. The van der Waals surface area contributed by atoms with E-state index in [0.717, 1.165) is 26.5 Å². The third-order valence-corrected chi connectivity index (χ3v) is 15.8. The smallest absolute Gasteiger partial charge is 0.315 e. The van der Waals surface area contributed by atoms with Crippen molar-refractivity contribution in [3.05, 3.63) is 93.9 Å². The number of nitrogens with zero attached hydrogens (tertiary/aromatic N) is 4.